The number of carbonyl (C=O) groups is 2. The summed E-state index contributed by atoms with van der Waals surface area (Å²) in [4.78, 5) is 23.9. The first-order valence-electron chi connectivity index (χ1n) is 8.78. The van der Waals surface area contributed by atoms with E-state index in [4.69, 9.17) is 0 Å². The van der Waals surface area contributed by atoms with Gasteiger partial charge in [-0.2, -0.15) is 0 Å². The standard InChI is InChI=1S/C19H19N3O4S/c23-18(14-8-9-14)20-21-19(24)15-5-3-6-16(12-15)27(25,26)22-11-10-13-4-1-2-7-17(13)22/h1-7,12,14H,8-11H2,(H,20,23)(H,21,24). The molecule has 4 rings (SSSR count). The molecule has 0 spiro atoms. The Hall–Kier alpha value is -2.87. The van der Waals surface area contributed by atoms with E-state index in [0.29, 0.717) is 18.7 Å². The number of para-hydroxylation sites is 1. The zero-order valence-electron chi connectivity index (χ0n) is 14.5. The molecular weight excluding hydrogens is 366 g/mol. The minimum atomic E-state index is -3.78. The predicted molar refractivity (Wildman–Crippen MR) is 99.5 cm³/mol. The van der Waals surface area contributed by atoms with Crippen LogP contribution in [0.1, 0.15) is 28.8 Å². The molecule has 0 aromatic heterocycles. The number of nitrogens with one attached hydrogen (secondary N) is 2. The van der Waals surface area contributed by atoms with E-state index in [1.54, 1.807) is 12.1 Å². The molecule has 2 aliphatic rings. The van der Waals surface area contributed by atoms with Crippen LogP contribution in [0.15, 0.2) is 53.4 Å². The largest absolute Gasteiger partial charge is 0.273 e. The fraction of sp³-hybridized carbons (Fsp3) is 0.263. The third kappa shape index (κ3) is 3.40. The summed E-state index contributed by atoms with van der Waals surface area (Å²) in [5.74, 6) is -0.809. The highest BCUT2D eigenvalue weighted by Crippen LogP contribution is 2.32. The molecule has 2 N–H and O–H groups in total. The van der Waals surface area contributed by atoms with Crippen molar-refractivity contribution in [1.29, 1.82) is 0 Å². The monoisotopic (exact) mass is 385 g/mol. The second-order valence-corrected chi connectivity index (χ2v) is 8.56. The Morgan fingerprint density at radius 1 is 1.00 bits per heavy atom. The van der Waals surface area contributed by atoms with Crippen LogP contribution in [0, 0.1) is 5.92 Å². The van der Waals surface area contributed by atoms with Crippen LogP contribution in [0.2, 0.25) is 0 Å². The predicted octanol–water partition coefficient (Wildman–Crippen LogP) is 1.61. The van der Waals surface area contributed by atoms with Gasteiger partial charge in [-0.15, -0.1) is 0 Å². The van der Waals surface area contributed by atoms with Crippen molar-refractivity contribution in [2.45, 2.75) is 24.2 Å². The average molecular weight is 385 g/mol. The minimum Gasteiger partial charge on any atom is -0.273 e. The Balaban J connectivity index is 1.55. The summed E-state index contributed by atoms with van der Waals surface area (Å²) in [6.07, 6.45) is 2.31. The highest BCUT2D eigenvalue weighted by molar-refractivity contribution is 7.92. The molecule has 2 amide bonds. The Bertz CT molecular complexity index is 1020. The smallest absolute Gasteiger partial charge is 0.269 e. The van der Waals surface area contributed by atoms with E-state index in [9.17, 15) is 18.0 Å². The van der Waals surface area contributed by atoms with Gasteiger partial charge in [-0.25, -0.2) is 8.42 Å². The van der Waals surface area contributed by atoms with Crippen molar-refractivity contribution in [3.8, 4) is 0 Å². The maximum atomic E-state index is 13.1. The van der Waals surface area contributed by atoms with Crippen molar-refractivity contribution < 1.29 is 18.0 Å². The van der Waals surface area contributed by atoms with E-state index in [0.717, 1.165) is 18.4 Å². The summed E-state index contributed by atoms with van der Waals surface area (Å²) in [5.41, 5.74) is 6.53. The highest BCUT2D eigenvalue weighted by Gasteiger charge is 2.31. The fourth-order valence-corrected chi connectivity index (χ4v) is 4.67. The summed E-state index contributed by atoms with van der Waals surface area (Å²) in [6.45, 7) is 0.371. The Morgan fingerprint density at radius 3 is 2.56 bits per heavy atom. The van der Waals surface area contributed by atoms with Crippen molar-refractivity contribution in [2.24, 2.45) is 5.92 Å². The van der Waals surface area contributed by atoms with Gasteiger partial charge in [0.25, 0.3) is 15.9 Å². The van der Waals surface area contributed by atoms with Gasteiger partial charge in [0.05, 0.1) is 10.6 Å². The van der Waals surface area contributed by atoms with E-state index in [1.165, 1.54) is 28.6 Å². The van der Waals surface area contributed by atoms with Gasteiger partial charge in [0.2, 0.25) is 5.91 Å². The van der Waals surface area contributed by atoms with E-state index < -0.39 is 15.9 Å². The first-order chi connectivity index (χ1) is 13.0. The summed E-state index contributed by atoms with van der Waals surface area (Å²) < 4.78 is 27.5. The lowest BCUT2D eigenvalue weighted by Crippen LogP contribution is -2.42. The SMILES string of the molecule is O=C(NNC(=O)C1CC1)c1cccc(S(=O)(=O)N2CCc3ccccc32)c1. The van der Waals surface area contributed by atoms with Crippen LogP contribution in [-0.2, 0) is 21.2 Å². The Labute approximate surface area is 157 Å². The number of anilines is 1. The molecule has 1 aliphatic heterocycles. The summed E-state index contributed by atoms with van der Waals surface area (Å²) in [5, 5.41) is 0. The highest BCUT2D eigenvalue weighted by atomic mass is 32.2. The fourth-order valence-electron chi connectivity index (χ4n) is 3.12. The minimum absolute atomic E-state index is 0.0350. The van der Waals surface area contributed by atoms with Gasteiger partial charge in [0.15, 0.2) is 0 Å². The third-order valence-electron chi connectivity index (χ3n) is 4.78. The molecule has 0 saturated heterocycles. The average Bonchev–Trinajstić information content (AvgIpc) is 3.44. The van der Waals surface area contributed by atoms with Crippen molar-refractivity contribution >= 4 is 27.5 Å². The molecule has 0 unspecified atom stereocenters. The second-order valence-electron chi connectivity index (χ2n) is 6.70. The van der Waals surface area contributed by atoms with Crippen LogP contribution >= 0.6 is 0 Å². The zero-order valence-corrected chi connectivity index (χ0v) is 15.3. The molecular formula is C19H19N3O4S. The first-order valence-corrected chi connectivity index (χ1v) is 10.2. The molecule has 2 aromatic carbocycles. The Kier molecular flexibility index (Phi) is 4.35. The quantitative estimate of drug-likeness (QED) is 0.782. The number of hydrogen-bond donors (Lipinski definition) is 2. The van der Waals surface area contributed by atoms with E-state index in [1.807, 2.05) is 12.1 Å². The maximum absolute atomic E-state index is 13.1. The number of fused-ring (bicyclic) bond motifs is 1. The molecule has 0 bridgehead atoms. The van der Waals surface area contributed by atoms with Crippen molar-refractivity contribution in [2.75, 3.05) is 10.8 Å². The van der Waals surface area contributed by atoms with Crippen molar-refractivity contribution in [1.82, 2.24) is 10.9 Å². The van der Waals surface area contributed by atoms with Crippen molar-refractivity contribution in [3.05, 3.63) is 59.7 Å². The van der Waals surface area contributed by atoms with Crippen molar-refractivity contribution in [3.63, 3.8) is 0 Å². The molecule has 7 nitrogen and oxygen atoms in total. The van der Waals surface area contributed by atoms with Crippen LogP contribution in [0.3, 0.4) is 0 Å². The third-order valence-corrected chi connectivity index (χ3v) is 6.59. The summed E-state index contributed by atoms with van der Waals surface area (Å²) in [7, 11) is -3.78. The molecule has 140 valence electrons. The zero-order chi connectivity index (χ0) is 19.0. The van der Waals surface area contributed by atoms with E-state index in [-0.39, 0.29) is 22.3 Å². The van der Waals surface area contributed by atoms with Gasteiger partial charge in [0, 0.05) is 18.0 Å². The molecule has 27 heavy (non-hydrogen) atoms. The number of rotatable bonds is 4. The Morgan fingerprint density at radius 2 is 1.78 bits per heavy atom. The summed E-state index contributed by atoms with van der Waals surface area (Å²) >= 11 is 0. The first kappa shape index (κ1) is 17.5. The van der Waals surface area contributed by atoms with Crippen LogP contribution < -0.4 is 15.2 Å². The number of hydrazine groups is 1. The van der Waals surface area contributed by atoms with Gasteiger partial charge < -0.3 is 0 Å². The molecule has 8 heteroatoms. The lowest BCUT2D eigenvalue weighted by Gasteiger charge is -2.20. The van der Waals surface area contributed by atoms with E-state index >= 15 is 0 Å². The number of carbonyl (C=O) groups excluding carboxylic acids is 2. The topological polar surface area (TPSA) is 95.6 Å². The molecule has 1 saturated carbocycles. The lowest BCUT2D eigenvalue weighted by molar-refractivity contribution is -0.123. The molecule has 1 aliphatic carbocycles. The number of nitrogens with zero attached hydrogens (tertiary/aromatic N) is 1. The number of sulfonamides is 1. The van der Waals surface area contributed by atoms with Crippen LogP contribution in [-0.4, -0.2) is 26.8 Å². The van der Waals surface area contributed by atoms with Gasteiger partial charge in [0.1, 0.15) is 0 Å². The maximum Gasteiger partial charge on any atom is 0.269 e. The number of benzene rings is 2. The second kappa shape index (κ2) is 6.70. The van der Waals surface area contributed by atoms with Gasteiger partial charge in [-0.05, 0) is 49.1 Å². The molecule has 0 atom stereocenters. The van der Waals surface area contributed by atoms with Gasteiger partial charge >= 0.3 is 0 Å². The molecule has 0 radical (unpaired) electrons. The van der Waals surface area contributed by atoms with E-state index in [2.05, 4.69) is 10.9 Å². The van der Waals surface area contributed by atoms with Crippen LogP contribution in [0.25, 0.3) is 0 Å². The molecule has 1 heterocycles. The normalized spacial score (nSPS) is 15.9. The number of hydrogen-bond acceptors (Lipinski definition) is 4. The van der Waals surface area contributed by atoms with Gasteiger partial charge in [-0.3, -0.25) is 24.7 Å². The number of amides is 2. The molecule has 2 aromatic rings. The van der Waals surface area contributed by atoms with Crippen LogP contribution in [0.4, 0.5) is 5.69 Å². The lowest BCUT2D eigenvalue weighted by atomic mass is 10.2. The van der Waals surface area contributed by atoms with Crippen LogP contribution in [0.5, 0.6) is 0 Å². The van der Waals surface area contributed by atoms with Gasteiger partial charge in [-0.1, -0.05) is 24.3 Å². The summed E-state index contributed by atoms with van der Waals surface area (Å²) in [6, 6.07) is 13.2. The molecule has 1 fully saturated rings.